The highest BCUT2D eigenvalue weighted by molar-refractivity contribution is 6.08. The Kier molecular flexibility index (Phi) is 10.8. The lowest BCUT2D eigenvalue weighted by Gasteiger charge is -2.24. The molecule has 3 rings (SSSR count). The number of nitrogens with zero attached hydrogens (tertiary/aromatic N) is 1. The van der Waals surface area contributed by atoms with Gasteiger partial charge in [-0.25, -0.2) is 0 Å². The van der Waals surface area contributed by atoms with Crippen LogP contribution in [-0.4, -0.2) is 11.8 Å². The lowest BCUT2D eigenvalue weighted by molar-refractivity contribution is 0.711. The highest BCUT2D eigenvalue weighted by Crippen LogP contribution is 2.26. The molecule has 1 aromatic rings. The standard InChI is InChI=1S/C36H45N5/c1-23(2)32-14-11-15-33(17-16-32)28(8)41-27(7)25(5)18-34(40-24(3)4)29(9)38-21-30-12-10-13-31(20-30)22-39-35-19-26(6)36(35)37/h10,12-18,20,28,38-39,41H,1,3,6-7,9,11,19,21-22,37H2,2,4-5,8H3/b25-18+,40-34?/t28-/m1/s1. The average molecular weight is 548 g/mol. The predicted molar refractivity (Wildman–Crippen MR) is 177 cm³/mol. The predicted octanol–water partition coefficient (Wildman–Crippen LogP) is 7.31. The molecule has 0 aliphatic heterocycles. The molecule has 0 aromatic heterocycles. The largest absolute Gasteiger partial charge is 0.397 e. The van der Waals surface area contributed by atoms with E-state index in [2.05, 4.69) is 109 Å². The maximum absolute atomic E-state index is 5.99. The van der Waals surface area contributed by atoms with Crippen molar-refractivity contribution < 1.29 is 0 Å². The molecular weight excluding hydrogens is 502 g/mol. The second kappa shape index (κ2) is 14.2. The van der Waals surface area contributed by atoms with E-state index >= 15 is 0 Å². The fourth-order valence-electron chi connectivity index (χ4n) is 4.45. The van der Waals surface area contributed by atoms with Crippen LogP contribution in [0.15, 0.2) is 149 Å². The monoisotopic (exact) mass is 547 g/mol. The summed E-state index contributed by atoms with van der Waals surface area (Å²) in [5.41, 5.74) is 18.6. The molecule has 0 saturated carbocycles. The lowest BCUT2D eigenvalue weighted by Crippen LogP contribution is -2.27. The van der Waals surface area contributed by atoms with Crippen LogP contribution in [0, 0.1) is 0 Å². The summed E-state index contributed by atoms with van der Waals surface area (Å²) in [5, 5.41) is 10.4. The van der Waals surface area contributed by atoms with Gasteiger partial charge < -0.3 is 21.7 Å². The number of aliphatic imine (C=N–C) groups is 1. The van der Waals surface area contributed by atoms with Crippen LogP contribution >= 0.6 is 0 Å². The normalized spacial score (nSPS) is 16.1. The number of nitrogens with two attached hydrogens (primary N) is 1. The Morgan fingerprint density at radius 3 is 2.37 bits per heavy atom. The minimum absolute atomic E-state index is 0.0976. The van der Waals surface area contributed by atoms with E-state index in [1.165, 1.54) is 16.7 Å². The van der Waals surface area contributed by atoms with Crippen molar-refractivity contribution in [1.82, 2.24) is 16.0 Å². The van der Waals surface area contributed by atoms with Crippen LogP contribution in [0.25, 0.3) is 0 Å². The first-order valence-corrected chi connectivity index (χ1v) is 14.0. The zero-order valence-electron chi connectivity index (χ0n) is 25.2. The van der Waals surface area contributed by atoms with Crippen LogP contribution in [0.2, 0.25) is 0 Å². The number of hydrogen-bond donors (Lipinski definition) is 4. The molecule has 0 amide bonds. The molecule has 5 nitrogen and oxygen atoms in total. The van der Waals surface area contributed by atoms with E-state index < -0.39 is 0 Å². The van der Waals surface area contributed by atoms with Crippen LogP contribution in [-0.2, 0) is 13.1 Å². The fraction of sp³-hybridized carbons (Fsp3) is 0.250. The van der Waals surface area contributed by atoms with Crippen molar-refractivity contribution in [1.29, 1.82) is 0 Å². The molecule has 1 aromatic carbocycles. The molecule has 5 heteroatoms. The van der Waals surface area contributed by atoms with Gasteiger partial charge in [-0.15, -0.1) is 0 Å². The maximum Gasteiger partial charge on any atom is 0.0861 e. The summed E-state index contributed by atoms with van der Waals surface area (Å²) in [6, 6.07) is 8.53. The van der Waals surface area contributed by atoms with E-state index in [9.17, 15) is 0 Å². The van der Waals surface area contributed by atoms with E-state index in [0.717, 1.165) is 63.6 Å². The highest BCUT2D eigenvalue weighted by atomic mass is 14.9. The Bertz CT molecular complexity index is 1440. The van der Waals surface area contributed by atoms with Gasteiger partial charge in [0.2, 0.25) is 0 Å². The topological polar surface area (TPSA) is 74.5 Å². The second-order valence-corrected chi connectivity index (χ2v) is 10.8. The van der Waals surface area contributed by atoms with Crippen molar-refractivity contribution in [3.05, 3.63) is 155 Å². The Morgan fingerprint density at radius 1 is 1.02 bits per heavy atom. The molecule has 0 heterocycles. The van der Waals surface area contributed by atoms with Crippen LogP contribution in [0.3, 0.4) is 0 Å². The van der Waals surface area contributed by atoms with Gasteiger partial charge in [0.25, 0.3) is 0 Å². The van der Waals surface area contributed by atoms with Gasteiger partial charge in [-0.05, 0) is 73.6 Å². The fourth-order valence-corrected chi connectivity index (χ4v) is 4.45. The van der Waals surface area contributed by atoms with Gasteiger partial charge in [-0.3, -0.25) is 4.99 Å². The number of nitrogens with one attached hydrogen (secondary N) is 3. The number of allylic oxidation sites excluding steroid dienone is 10. The summed E-state index contributed by atoms with van der Waals surface area (Å²) in [4.78, 5) is 4.66. The zero-order valence-corrected chi connectivity index (χ0v) is 25.2. The first-order chi connectivity index (χ1) is 19.4. The molecule has 41 heavy (non-hydrogen) atoms. The molecule has 0 saturated heterocycles. The Labute approximate surface area is 246 Å². The quantitative estimate of drug-likeness (QED) is 0.146. The minimum atomic E-state index is 0.0976. The van der Waals surface area contributed by atoms with Gasteiger partial charge in [-0.2, -0.15) is 0 Å². The average Bonchev–Trinajstić information content (AvgIpc) is 3.20. The van der Waals surface area contributed by atoms with Crippen molar-refractivity contribution >= 4 is 5.71 Å². The van der Waals surface area contributed by atoms with Gasteiger partial charge >= 0.3 is 0 Å². The first kappa shape index (κ1) is 31.0. The van der Waals surface area contributed by atoms with E-state index in [1.807, 2.05) is 26.8 Å². The number of hydrogen-bond acceptors (Lipinski definition) is 5. The third-order valence-corrected chi connectivity index (χ3v) is 7.08. The van der Waals surface area contributed by atoms with E-state index in [1.54, 1.807) is 0 Å². The van der Waals surface area contributed by atoms with Crippen molar-refractivity contribution in [3.8, 4) is 0 Å². The van der Waals surface area contributed by atoms with E-state index in [-0.39, 0.29) is 6.04 Å². The third kappa shape index (κ3) is 9.00. The van der Waals surface area contributed by atoms with Gasteiger partial charge in [0, 0.05) is 42.6 Å². The van der Waals surface area contributed by atoms with Gasteiger partial charge in [0.05, 0.1) is 17.1 Å². The van der Waals surface area contributed by atoms with Gasteiger partial charge in [0.1, 0.15) is 0 Å². The SMILES string of the molecule is C=C(C)N=C(/C=C(\C)C(=C)N[C@H](C)C1=CCC=C(C(=C)C)C=C1)C(=C)NCc1cccc(CNC2=C(N)C(=C)C2)c1. The maximum atomic E-state index is 5.99. The van der Waals surface area contributed by atoms with Crippen molar-refractivity contribution in [2.24, 2.45) is 10.7 Å². The van der Waals surface area contributed by atoms with E-state index in [0.29, 0.717) is 18.8 Å². The first-order valence-electron chi connectivity index (χ1n) is 14.0. The number of benzene rings is 1. The molecule has 2 aliphatic carbocycles. The zero-order chi connectivity index (χ0) is 30.1. The van der Waals surface area contributed by atoms with Crippen LogP contribution in [0.5, 0.6) is 0 Å². The Hall–Kier alpha value is -4.51. The summed E-state index contributed by atoms with van der Waals surface area (Å²) in [6.07, 6.45) is 12.4. The summed E-state index contributed by atoms with van der Waals surface area (Å²) in [6.45, 7) is 29.9. The number of rotatable bonds is 14. The molecule has 0 radical (unpaired) electrons. The molecule has 2 aliphatic rings. The smallest absolute Gasteiger partial charge is 0.0861 e. The summed E-state index contributed by atoms with van der Waals surface area (Å²) >= 11 is 0. The minimum Gasteiger partial charge on any atom is -0.397 e. The summed E-state index contributed by atoms with van der Waals surface area (Å²) < 4.78 is 0. The Morgan fingerprint density at radius 2 is 1.73 bits per heavy atom. The van der Waals surface area contributed by atoms with Crippen LogP contribution in [0.4, 0.5) is 0 Å². The lowest BCUT2D eigenvalue weighted by atomic mass is 9.95. The molecule has 1 atom stereocenters. The van der Waals surface area contributed by atoms with Crippen LogP contribution < -0.4 is 21.7 Å². The molecule has 0 fully saturated rings. The van der Waals surface area contributed by atoms with Crippen molar-refractivity contribution in [3.63, 3.8) is 0 Å². The summed E-state index contributed by atoms with van der Waals surface area (Å²) in [7, 11) is 0. The Balaban J connectivity index is 1.61. The molecule has 214 valence electrons. The summed E-state index contributed by atoms with van der Waals surface area (Å²) in [5.74, 6) is 0. The van der Waals surface area contributed by atoms with Gasteiger partial charge in [0.15, 0.2) is 0 Å². The van der Waals surface area contributed by atoms with Crippen LogP contribution in [0.1, 0.15) is 51.7 Å². The molecule has 0 spiro atoms. The van der Waals surface area contributed by atoms with Crippen molar-refractivity contribution in [2.45, 2.75) is 59.7 Å². The van der Waals surface area contributed by atoms with Gasteiger partial charge in [-0.1, -0.05) is 87.0 Å². The molecular formula is C36H45N5. The molecule has 0 bridgehead atoms. The third-order valence-electron chi connectivity index (χ3n) is 7.08. The molecule has 0 unspecified atom stereocenters. The highest BCUT2D eigenvalue weighted by Gasteiger charge is 2.18. The second-order valence-electron chi connectivity index (χ2n) is 10.8. The van der Waals surface area contributed by atoms with E-state index in [4.69, 9.17) is 5.73 Å². The molecule has 5 N–H and O–H groups in total. The van der Waals surface area contributed by atoms with Crippen molar-refractivity contribution in [2.75, 3.05) is 0 Å².